The number of nitrogens with zero attached hydrogens (tertiary/aromatic N) is 6. The van der Waals surface area contributed by atoms with Gasteiger partial charge in [0.2, 0.25) is 0 Å². The van der Waals surface area contributed by atoms with Crippen molar-refractivity contribution in [1.29, 1.82) is 10.5 Å². The number of fused-ring (bicyclic) bond motifs is 11. The van der Waals surface area contributed by atoms with Crippen LogP contribution in [0.2, 0.25) is 0 Å². The predicted octanol–water partition coefficient (Wildman–Crippen LogP) is 11.9. The Morgan fingerprint density at radius 1 is 0.655 bits per heavy atom. The number of aromatic nitrogens is 2. The molecule has 0 radical (unpaired) electrons. The normalized spacial score (nSPS) is 15.9. The van der Waals surface area contributed by atoms with Gasteiger partial charge in [0.05, 0.1) is 68.2 Å². The molecule has 1 spiro atoms. The summed E-state index contributed by atoms with van der Waals surface area (Å²) in [5.41, 5.74) is 11.1. The van der Waals surface area contributed by atoms with E-state index in [0.717, 1.165) is 78.2 Å². The molecule has 0 bridgehead atoms. The number of rotatable bonds is 4. The first-order valence-electron chi connectivity index (χ1n) is 18.9. The number of benzene rings is 6. The Hall–Kier alpha value is -8.20. The van der Waals surface area contributed by atoms with Gasteiger partial charge in [0.1, 0.15) is 11.5 Å². The maximum absolute atomic E-state index is 9.78. The summed E-state index contributed by atoms with van der Waals surface area (Å²) in [6.07, 6.45) is 5.96. The van der Waals surface area contributed by atoms with Crippen LogP contribution in [-0.2, 0) is 5.41 Å². The SMILES string of the molecule is C=NC1=C(/C=C\C)C2(c3ccc(N4c5ccccc5Oc5cc(C#N)ccc54)cc3Oc3cc(-n4c5ccccc5c5cc(C#N)ccc54)ccc32)c2cccnc21. The van der Waals surface area contributed by atoms with Crippen LogP contribution < -0.4 is 14.4 Å². The van der Waals surface area contributed by atoms with Crippen LogP contribution in [0, 0.1) is 22.7 Å². The van der Waals surface area contributed by atoms with Crippen molar-refractivity contribution in [3.05, 3.63) is 191 Å². The van der Waals surface area contributed by atoms with Crippen LogP contribution in [0.4, 0.5) is 17.1 Å². The van der Waals surface area contributed by atoms with Gasteiger partial charge in [-0.15, -0.1) is 0 Å². The van der Waals surface area contributed by atoms with E-state index in [-0.39, 0.29) is 0 Å². The fourth-order valence-corrected chi connectivity index (χ4v) is 9.24. The topological polar surface area (TPSA) is 99.5 Å². The van der Waals surface area contributed by atoms with Gasteiger partial charge in [0.25, 0.3) is 0 Å². The van der Waals surface area contributed by atoms with Gasteiger partial charge in [-0.2, -0.15) is 10.5 Å². The van der Waals surface area contributed by atoms with E-state index in [0.29, 0.717) is 34.1 Å². The van der Waals surface area contributed by atoms with Crippen LogP contribution in [0.25, 0.3) is 33.2 Å². The smallest absolute Gasteiger partial charge is 0.152 e. The summed E-state index contributed by atoms with van der Waals surface area (Å²) >= 11 is 0. The molecule has 58 heavy (non-hydrogen) atoms. The monoisotopic (exact) mass is 746 g/mol. The molecular formula is C50H30N6O2. The fourth-order valence-electron chi connectivity index (χ4n) is 9.24. The lowest BCUT2D eigenvalue weighted by Gasteiger charge is -2.40. The molecule has 1 atom stereocenters. The Morgan fingerprint density at radius 2 is 1.34 bits per heavy atom. The number of pyridine rings is 1. The molecule has 11 rings (SSSR count). The average molecular weight is 747 g/mol. The number of para-hydroxylation sites is 3. The molecule has 8 heteroatoms. The van der Waals surface area contributed by atoms with E-state index in [1.165, 1.54) is 0 Å². The van der Waals surface area contributed by atoms with Crippen molar-refractivity contribution in [1.82, 2.24) is 9.55 Å². The molecule has 8 aromatic rings. The zero-order valence-electron chi connectivity index (χ0n) is 31.1. The molecule has 2 aromatic heterocycles. The quantitative estimate of drug-likeness (QED) is 0.166. The third-order valence-corrected chi connectivity index (χ3v) is 11.5. The van der Waals surface area contributed by atoms with Gasteiger partial charge in [-0.1, -0.05) is 60.7 Å². The van der Waals surface area contributed by atoms with Gasteiger partial charge < -0.3 is 18.9 Å². The lowest BCUT2D eigenvalue weighted by atomic mass is 9.65. The summed E-state index contributed by atoms with van der Waals surface area (Å²) in [6, 6.07) is 48.9. The summed E-state index contributed by atoms with van der Waals surface area (Å²) in [5, 5.41) is 21.6. The van der Waals surface area contributed by atoms with Gasteiger partial charge in [-0.25, -0.2) is 0 Å². The largest absolute Gasteiger partial charge is 0.457 e. The van der Waals surface area contributed by atoms with Gasteiger partial charge in [-0.05, 0) is 91.5 Å². The van der Waals surface area contributed by atoms with Crippen molar-refractivity contribution in [2.45, 2.75) is 12.3 Å². The lowest BCUT2D eigenvalue weighted by molar-refractivity contribution is 0.435. The molecule has 0 amide bonds. The van der Waals surface area contributed by atoms with E-state index in [9.17, 15) is 10.5 Å². The minimum absolute atomic E-state index is 0.512. The highest BCUT2D eigenvalue weighted by Crippen LogP contribution is 2.62. The molecular weight excluding hydrogens is 717 g/mol. The molecule has 8 nitrogen and oxygen atoms in total. The molecule has 4 heterocycles. The Kier molecular flexibility index (Phi) is 7.09. The third-order valence-electron chi connectivity index (χ3n) is 11.5. The van der Waals surface area contributed by atoms with Crippen LogP contribution in [-0.4, -0.2) is 16.3 Å². The van der Waals surface area contributed by atoms with Crippen molar-refractivity contribution in [2.24, 2.45) is 4.99 Å². The number of allylic oxidation sites excluding steroid dienone is 3. The van der Waals surface area contributed by atoms with Gasteiger partial charge in [-0.3, -0.25) is 9.98 Å². The highest BCUT2D eigenvalue weighted by molar-refractivity contribution is 6.09. The number of hydrogen-bond donors (Lipinski definition) is 0. The van der Waals surface area contributed by atoms with Crippen molar-refractivity contribution in [2.75, 3.05) is 4.90 Å². The predicted molar refractivity (Wildman–Crippen MR) is 227 cm³/mol. The number of aliphatic imine (C=N–C) groups is 1. The van der Waals surface area contributed by atoms with E-state index in [2.05, 4.69) is 94.0 Å². The summed E-state index contributed by atoms with van der Waals surface area (Å²) in [7, 11) is 0. The van der Waals surface area contributed by atoms with E-state index in [1.807, 2.05) is 79.7 Å². The van der Waals surface area contributed by atoms with Crippen LogP contribution in [0.1, 0.15) is 40.4 Å². The molecule has 2 aliphatic heterocycles. The van der Waals surface area contributed by atoms with Gasteiger partial charge in [0, 0.05) is 52.0 Å². The Labute approximate surface area is 333 Å². The zero-order valence-corrected chi connectivity index (χ0v) is 31.1. The number of anilines is 3. The van der Waals surface area contributed by atoms with Crippen molar-refractivity contribution in [3.63, 3.8) is 0 Å². The average Bonchev–Trinajstić information content (AvgIpc) is 3.74. The van der Waals surface area contributed by atoms with Crippen molar-refractivity contribution in [3.8, 4) is 40.8 Å². The lowest BCUT2D eigenvalue weighted by Crippen LogP contribution is -2.33. The van der Waals surface area contributed by atoms with Gasteiger partial charge in [0.15, 0.2) is 11.5 Å². The minimum atomic E-state index is -0.850. The first-order valence-corrected chi connectivity index (χ1v) is 18.9. The number of ether oxygens (including phenoxy) is 2. The Balaban J connectivity index is 1.19. The van der Waals surface area contributed by atoms with E-state index >= 15 is 0 Å². The Morgan fingerprint density at radius 3 is 2.16 bits per heavy atom. The Bertz CT molecular complexity index is 3270. The summed E-state index contributed by atoms with van der Waals surface area (Å²) in [4.78, 5) is 11.7. The molecule has 1 unspecified atom stereocenters. The maximum atomic E-state index is 9.78. The zero-order chi connectivity index (χ0) is 39.1. The molecule has 0 N–H and O–H groups in total. The second-order valence-corrected chi connectivity index (χ2v) is 14.4. The van der Waals surface area contributed by atoms with Crippen molar-refractivity contribution >= 4 is 51.3 Å². The summed E-state index contributed by atoms with van der Waals surface area (Å²) < 4.78 is 15.7. The molecule has 272 valence electrons. The van der Waals surface area contributed by atoms with E-state index < -0.39 is 5.41 Å². The van der Waals surface area contributed by atoms with Crippen LogP contribution in [0.3, 0.4) is 0 Å². The van der Waals surface area contributed by atoms with E-state index in [4.69, 9.17) is 14.5 Å². The minimum Gasteiger partial charge on any atom is -0.457 e. The van der Waals surface area contributed by atoms with Crippen LogP contribution in [0.5, 0.6) is 23.0 Å². The molecule has 3 aliphatic rings. The highest BCUT2D eigenvalue weighted by Gasteiger charge is 2.53. The molecule has 0 fully saturated rings. The van der Waals surface area contributed by atoms with E-state index in [1.54, 1.807) is 18.3 Å². The highest BCUT2D eigenvalue weighted by atomic mass is 16.5. The molecule has 6 aromatic carbocycles. The number of nitriles is 2. The summed E-state index contributed by atoms with van der Waals surface area (Å²) in [5.74, 6) is 2.63. The van der Waals surface area contributed by atoms with Crippen molar-refractivity contribution < 1.29 is 9.47 Å². The fraction of sp³-hybridized carbons (Fsp3) is 0.0400. The first kappa shape index (κ1) is 33.2. The first-order chi connectivity index (χ1) is 28.6. The molecule has 0 saturated carbocycles. The molecule has 1 aliphatic carbocycles. The standard InChI is InChI=1S/C50H30N6O2/c1-3-9-38-48(53-2)49-39(11-8-23-54-49)50(38)36-19-17-32(55-40-12-5-4-10-34(40)35-24-30(28-51)15-21-41(35)55)26-45(36)58-46-27-33(18-20-37(46)50)56-42-13-6-7-14-44(42)57-47-25-31(29-52)16-22-43(47)56/h3-27H,2H2,1H3/b9-3-. The number of hydrogen-bond acceptors (Lipinski definition) is 7. The van der Waals surface area contributed by atoms with Crippen LogP contribution in [0.15, 0.2) is 162 Å². The van der Waals surface area contributed by atoms with Crippen LogP contribution >= 0.6 is 0 Å². The second kappa shape index (κ2) is 12.4. The second-order valence-electron chi connectivity index (χ2n) is 14.4. The maximum Gasteiger partial charge on any atom is 0.152 e. The third kappa shape index (κ3) is 4.43. The summed E-state index contributed by atoms with van der Waals surface area (Å²) in [6.45, 7) is 6.05. The molecule has 0 saturated heterocycles. The van der Waals surface area contributed by atoms with Gasteiger partial charge >= 0.3 is 0 Å².